The number of carbonyl (C=O) groups is 1. The van der Waals surface area contributed by atoms with Crippen molar-refractivity contribution in [3.63, 3.8) is 0 Å². The standard InChI is InChI=1S/C17H23N5O3/c23-17(19-8-4-11-24-13-14-5-2-12-25-14)21-15-6-1-7-18-16(15)22-10-3-9-20-22/h1,3,6-7,9-10,14H,2,4-5,8,11-13H2,(H2,19,21,23)/t14-/m0/s1. The van der Waals surface area contributed by atoms with Crippen LogP contribution in [0.1, 0.15) is 19.3 Å². The summed E-state index contributed by atoms with van der Waals surface area (Å²) in [5.41, 5.74) is 0.596. The first-order valence-electron chi connectivity index (χ1n) is 8.52. The summed E-state index contributed by atoms with van der Waals surface area (Å²) in [5, 5.41) is 9.75. The molecule has 2 amide bonds. The van der Waals surface area contributed by atoms with Crippen LogP contribution in [-0.2, 0) is 9.47 Å². The lowest BCUT2D eigenvalue weighted by Crippen LogP contribution is -2.30. The molecule has 25 heavy (non-hydrogen) atoms. The Morgan fingerprint density at radius 1 is 1.40 bits per heavy atom. The fourth-order valence-corrected chi connectivity index (χ4v) is 2.60. The molecule has 2 N–H and O–H groups in total. The fraction of sp³-hybridized carbons (Fsp3) is 0.471. The fourth-order valence-electron chi connectivity index (χ4n) is 2.60. The van der Waals surface area contributed by atoms with Gasteiger partial charge < -0.3 is 20.1 Å². The molecule has 0 spiro atoms. The molecule has 3 rings (SSSR count). The van der Waals surface area contributed by atoms with E-state index in [1.165, 1.54) is 0 Å². The highest BCUT2D eigenvalue weighted by atomic mass is 16.5. The zero-order chi connectivity index (χ0) is 17.3. The number of hydrogen-bond acceptors (Lipinski definition) is 5. The number of pyridine rings is 1. The minimum absolute atomic E-state index is 0.238. The maximum absolute atomic E-state index is 12.0. The van der Waals surface area contributed by atoms with E-state index in [2.05, 4.69) is 20.7 Å². The Morgan fingerprint density at radius 2 is 2.36 bits per heavy atom. The summed E-state index contributed by atoms with van der Waals surface area (Å²) in [6.07, 6.45) is 8.27. The van der Waals surface area contributed by atoms with Gasteiger partial charge in [0.25, 0.3) is 0 Å². The highest BCUT2D eigenvalue weighted by Crippen LogP contribution is 2.15. The first-order valence-corrected chi connectivity index (χ1v) is 8.52. The van der Waals surface area contributed by atoms with Crippen LogP contribution in [0.5, 0.6) is 0 Å². The predicted molar refractivity (Wildman–Crippen MR) is 92.8 cm³/mol. The number of rotatable bonds is 8. The normalized spacial score (nSPS) is 16.7. The monoisotopic (exact) mass is 345 g/mol. The van der Waals surface area contributed by atoms with Gasteiger partial charge in [0, 0.05) is 38.3 Å². The lowest BCUT2D eigenvalue weighted by molar-refractivity contribution is 0.0168. The summed E-state index contributed by atoms with van der Waals surface area (Å²) in [6.45, 7) is 2.61. The predicted octanol–water partition coefficient (Wildman–Crippen LogP) is 1.97. The average Bonchev–Trinajstić information content (AvgIpc) is 3.32. The third-order valence-corrected chi connectivity index (χ3v) is 3.84. The van der Waals surface area contributed by atoms with Crippen molar-refractivity contribution in [2.24, 2.45) is 0 Å². The third-order valence-electron chi connectivity index (χ3n) is 3.84. The molecule has 2 aromatic rings. The van der Waals surface area contributed by atoms with Crippen molar-refractivity contribution in [2.75, 3.05) is 31.7 Å². The molecule has 2 aromatic heterocycles. The number of amides is 2. The SMILES string of the molecule is O=C(NCCCOC[C@@H]1CCCO1)Nc1cccnc1-n1cccn1. The quantitative estimate of drug-likeness (QED) is 0.714. The van der Waals surface area contributed by atoms with Gasteiger partial charge in [0.15, 0.2) is 5.82 Å². The van der Waals surface area contributed by atoms with Gasteiger partial charge in [-0.2, -0.15) is 5.10 Å². The van der Waals surface area contributed by atoms with Gasteiger partial charge in [0.2, 0.25) is 0 Å². The highest BCUT2D eigenvalue weighted by Gasteiger charge is 2.15. The van der Waals surface area contributed by atoms with Crippen LogP contribution in [0.3, 0.4) is 0 Å². The molecule has 1 aliphatic rings. The van der Waals surface area contributed by atoms with Crippen LogP contribution in [0.4, 0.5) is 10.5 Å². The Balaban J connectivity index is 1.37. The maximum Gasteiger partial charge on any atom is 0.319 e. The minimum atomic E-state index is -0.277. The number of aromatic nitrogens is 3. The van der Waals surface area contributed by atoms with Crippen LogP contribution in [0.25, 0.3) is 5.82 Å². The van der Waals surface area contributed by atoms with Gasteiger partial charge in [0.05, 0.1) is 18.4 Å². The van der Waals surface area contributed by atoms with Gasteiger partial charge in [-0.25, -0.2) is 14.5 Å². The Hall–Kier alpha value is -2.45. The van der Waals surface area contributed by atoms with E-state index in [1.807, 2.05) is 0 Å². The first kappa shape index (κ1) is 17.4. The van der Waals surface area contributed by atoms with Crippen molar-refractivity contribution >= 4 is 11.7 Å². The van der Waals surface area contributed by atoms with Crippen molar-refractivity contribution in [1.29, 1.82) is 0 Å². The molecule has 0 saturated carbocycles. The second kappa shape index (κ2) is 9.14. The summed E-state index contributed by atoms with van der Waals surface area (Å²) in [7, 11) is 0. The van der Waals surface area contributed by atoms with E-state index >= 15 is 0 Å². The second-order valence-electron chi connectivity index (χ2n) is 5.77. The zero-order valence-corrected chi connectivity index (χ0v) is 14.1. The van der Waals surface area contributed by atoms with Crippen molar-refractivity contribution < 1.29 is 14.3 Å². The van der Waals surface area contributed by atoms with E-state index in [0.29, 0.717) is 31.3 Å². The van der Waals surface area contributed by atoms with Crippen molar-refractivity contribution in [1.82, 2.24) is 20.1 Å². The Kier molecular flexibility index (Phi) is 6.35. The summed E-state index contributed by atoms with van der Waals surface area (Å²) in [5.74, 6) is 0.572. The van der Waals surface area contributed by atoms with Gasteiger partial charge >= 0.3 is 6.03 Å². The number of nitrogens with one attached hydrogen (secondary N) is 2. The molecule has 8 nitrogen and oxygen atoms in total. The Morgan fingerprint density at radius 3 is 3.16 bits per heavy atom. The van der Waals surface area contributed by atoms with E-state index < -0.39 is 0 Å². The van der Waals surface area contributed by atoms with Gasteiger partial charge in [-0.1, -0.05) is 0 Å². The van der Waals surface area contributed by atoms with E-state index in [4.69, 9.17) is 9.47 Å². The number of carbonyl (C=O) groups excluding carboxylic acids is 1. The molecule has 1 atom stereocenters. The van der Waals surface area contributed by atoms with E-state index in [9.17, 15) is 4.79 Å². The summed E-state index contributed by atoms with van der Waals surface area (Å²) >= 11 is 0. The van der Waals surface area contributed by atoms with Crippen LogP contribution in [0.2, 0.25) is 0 Å². The molecule has 1 saturated heterocycles. The molecule has 0 aromatic carbocycles. The zero-order valence-electron chi connectivity index (χ0n) is 14.1. The van der Waals surface area contributed by atoms with Crippen LogP contribution in [-0.4, -0.2) is 53.3 Å². The average molecular weight is 345 g/mol. The molecule has 1 fully saturated rings. The number of hydrogen-bond donors (Lipinski definition) is 2. The highest BCUT2D eigenvalue weighted by molar-refractivity contribution is 5.90. The summed E-state index contributed by atoms with van der Waals surface area (Å²) < 4.78 is 12.7. The molecular weight excluding hydrogens is 322 g/mol. The Bertz CT molecular complexity index is 656. The molecule has 0 unspecified atom stereocenters. The van der Waals surface area contributed by atoms with Crippen molar-refractivity contribution in [3.05, 3.63) is 36.8 Å². The van der Waals surface area contributed by atoms with Gasteiger partial charge in [-0.05, 0) is 37.5 Å². The van der Waals surface area contributed by atoms with E-state index in [0.717, 1.165) is 25.9 Å². The Labute approximate surface area is 146 Å². The van der Waals surface area contributed by atoms with Crippen LogP contribution in [0, 0.1) is 0 Å². The molecule has 0 aliphatic carbocycles. The van der Waals surface area contributed by atoms with Gasteiger partial charge in [0.1, 0.15) is 0 Å². The van der Waals surface area contributed by atoms with Crippen molar-refractivity contribution in [3.8, 4) is 5.82 Å². The maximum atomic E-state index is 12.0. The largest absolute Gasteiger partial charge is 0.379 e. The summed E-state index contributed by atoms with van der Waals surface area (Å²) in [4.78, 5) is 16.3. The van der Waals surface area contributed by atoms with Crippen LogP contribution in [0.15, 0.2) is 36.8 Å². The minimum Gasteiger partial charge on any atom is -0.379 e. The number of ether oxygens (including phenoxy) is 2. The van der Waals surface area contributed by atoms with Gasteiger partial charge in [-0.3, -0.25) is 0 Å². The second-order valence-corrected chi connectivity index (χ2v) is 5.77. The molecule has 3 heterocycles. The van der Waals surface area contributed by atoms with Crippen LogP contribution < -0.4 is 10.6 Å². The molecule has 1 aliphatic heterocycles. The third kappa shape index (κ3) is 5.27. The molecule has 0 radical (unpaired) electrons. The first-order chi connectivity index (χ1) is 12.3. The van der Waals surface area contributed by atoms with E-state index in [1.54, 1.807) is 41.5 Å². The van der Waals surface area contributed by atoms with E-state index in [-0.39, 0.29) is 12.1 Å². The smallest absolute Gasteiger partial charge is 0.319 e. The molecular formula is C17H23N5O3. The lowest BCUT2D eigenvalue weighted by Gasteiger charge is -2.12. The lowest BCUT2D eigenvalue weighted by atomic mass is 10.2. The topological polar surface area (TPSA) is 90.3 Å². The molecule has 0 bridgehead atoms. The number of anilines is 1. The number of urea groups is 1. The van der Waals surface area contributed by atoms with Gasteiger partial charge in [-0.15, -0.1) is 0 Å². The number of nitrogens with zero attached hydrogens (tertiary/aromatic N) is 3. The molecule has 134 valence electrons. The van der Waals surface area contributed by atoms with Crippen molar-refractivity contribution in [2.45, 2.75) is 25.4 Å². The molecule has 8 heteroatoms. The summed E-state index contributed by atoms with van der Waals surface area (Å²) in [6, 6.07) is 5.07. The van der Waals surface area contributed by atoms with Crippen LogP contribution >= 0.6 is 0 Å².